The van der Waals surface area contributed by atoms with Crippen LogP contribution in [0.4, 0.5) is 0 Å². The van der Waals surface area contributed by atoms with Crippen LogP contribution in [0.15, 0.2) is 12.1 Å². The van der Waals surface area contributed by atoms with Crippen LogP contribution in [-0.2, 0) is 4.74 Å². The highest BCUT2D eigenvalue weighted by Gasteiger charge is 2.20. The summed E-state index contributed by atoms with van der Waals surface area (Å²) >= 11 is 6.15. The third-order valence-electron chi connectivity index (χ3n) is 2.29. The molecular formula is C12H14ClNO4. The van der Waals surface area contributed by atoms with Crippen molar-refractivity contribution in [2.75, 3.05) is 27.4 Å². The van der Waals surface area contributed by atoms with E-state index in [0.717, 1.165) is 0 Å². The van der Waals surface area contributed by atoms with Crippen molar-refractivity contribution in [2.24, 2.45) is 0 Å². The first-order chi connectivity index (χ1) is 8.69. The molecule has 0 heterocycles. The fourth-order valence-electron chi connectivity index (χ4n) is 1.47. The Bertz CT molecular complexity index is 444. The lowest BCUT2D eigenvalue weighted by Crippen LogP contribution is -2.07. The number of nitrogens with zero attached hydrogens (tertiary/aromatic N) is 1. The molecule has 5 nitrogen and oxygen atoms in total. The van der Waals surface area contributed by atoms with E-state index in [4.69, 9.17) is 36.2 Å². The van der Waals surface area contributed by atoms with E-state index in [1.807, 2.05) is 6.07 Å². The van der Waals surface area contributed by atoms with E-state index in [1.165, 1.54) is 14.2 Å². The van der Waals surface area contributed by atoms with Gasteiger partial charge in [-0.05, 0) is 12.1 Å². The second-order valence-electron chi connectivity index (χ2n) is 3.31. The van der Waals surface area contributed by atoms with Crippen LogP contribution in [-0.4, -0.2) is 32.5 Å². The van der Waals surface area contributed by atoms with Gasteiger partial charge in [-0.2, -0.15) is 5.26 Å². The average molecular weight is 272 g/mol. The predicted octanol–water partition coefficient (Wildman–Crippen LogP) is 1.93. The molecule has 1 unspecified atom stereocenters. The number of aliphatic hydroxyl groups is 1. The van der Waals surface area contributed by atoms with Gasteiger partial charge in [0.2, 0.25) is 0 Å². The molecule has 0 spiro atoms. The van der Waals surface area contributed by atoms with Gasteiger partial charge >= 0.3 is 0 Å². The molecule has 1 aromatic rings. The van der Waals surface area contributed by atoms with Crippen LogP contribution in [0.25, 0.3) is 0 Å². The van der Waals surface area contributed by atoms with E-state index in [9.17, 15) is 0 Å². The van der Waals surface area contributed by atoms with Crippen molar-refractivity contribution in [3.05, 3.63) is 22.7 Å². The zero-order chi connectivity index (χ0) is 13.5. The Hall–Kier alpha value is -1.48. The first-order valence-electron chi connectivity index (χ1n) is 5.22. The van der Waals surface area contributed by atoms with Crippen molar-refractivity contribution in [1.29, 1.82) is 5.26 Å². The lowest BCUT2D eigenvalue weighted by Gasteiger charge is -2.16. The van der Waals surface area contributed by atoms with Gasteiger partial charge in [-0.1, -0.05) is 11.6 Å². The molecule has 1 aromatic carbocycles. The molecule has 1 N–H and O–H groups in total. The molecule has 18 heavy (non-hydrogen) atoms. The molecule has 0 bridgehead atoms. The summed E-state index contributed by atoms with van der Waals surface area (Å²) in [7, 11) is 2.96. The minimum Gasteiger partial charge on any atom is -0.493 e. The van der Waals surface area contributed by atoms with Crippen LogP contribution in [0.2, 0.25) is 5.02 Å². The van der Waals surface area contributed by atoms with Crippen molar-refractivity contribution < 1.29 is 19.3 Å². The molecule has 1 atom stereocenters. The Labute approximate surface area is 110 Å². The highest BCUT2D eigenvalue weighted by molar-refractivity contribution is 6.33. The zero-order valence-electron chi connectivity index (χ0n) is 10.1. The summed E-state index contributed by atoms with van der Waals surface area (Å²) in [6.07, 6.45) is -0.857. The topological polar surface area (TPSA) is 71.7 Å². The number of nitriles is 1. The summed E-state index contributed by atoms with van der Waals surface area (Å²) in [6.45, 7) is -0.105. The molecule has 98 valence electrons. The Morgan fingerprint density at radius 3 is 2.61 bits per heavy atom. The molecule has 1 rings (SSSR count). The fraction of sp³-hybridized carbons (Fsp3) is 0.417. The Balaban J connectivity index is 3.13. The van der Waals surface area contributed by atoms with Gasteiger partial charge in [0.05, 0.1) is 38.5 Å². The van der Waals surface area contributed by atoms with E-state index >= 15 is 0 Å². The summed E-state index contributed by atoms with van der Waals surface area (Å²) in [6, 6.07) is 5.25. The van der Waals surface area contributed by atoms with Gasteiger partial charge in [0.1, 0.15) is 0 Å². The van der Waals surface area contributed by atoms with Gasteiger partial charge in [0.25, 0.3) is 0 Å². The Kier molecular flexibility index (Phi) is 5.72. The maximum absolute atomic E-state index is 9.03. The van der Waals surface area contributed by atoms with Crippen LogP contribution in [0.1, 0.15) is 11.7 Å². The highest BCUT2D eigenvalue weighted by atomic mass is 35.5. The van der Waals surface area contributed by atoms with Crippen molar-refractivity contribution in [3.63, 3.8) is 0 Å². The minimum absolute atomic E-state index is 0.0584. The molecule has 0 amide bonds. The third-order valence-corrected chi connectivity index (χ3v) is 2.68. The average Bonchev–Trinajstić information content (AvgIpc) is 2.40. The van der Waals surface area contributed by atoms with Crippen molar-refractivity contribution in [1.82, 2.24) is 0 Å². The van der Waals surface area contributed by atoms with Crippen LogP contribution in [0.5, 0.6) is 11.5 Å². The summed E-state index contributed by atoms with van der Waals surface area (Å²) in [4.78, 5) is 0. The van der Waals surface area contributed by atoms with Gasteiger partial charge in [-0.25, -0.2) is 0 Å². The van der Waals surface area contributed by atoms with Gasteiger partial charge in [-0.15, -0.1) is 0 Å². The lowest BCUT2D eigenvalue weighted by atomic mass is 10.1. The van der Waals surface area contributed by atoms with Crippen LogP contribution < -0.4 is 9.47 Å². The smallest absolute Gasteiger partial charge is 0.179 e. The van der Waals surface area contributed by atoms with Crippen molar-refractivity contribution in [3.8, 4) is 17.6 Å². The molecule has 0 aliphatic rings. The SMILES string of the molecule is COc1ccc(C(C#N)OCCO)c(Cl)c1OC. The first-order valence-corrected chi connectivity index (χ1v) is 5.59. The molecule has 0 aliphatic carbocycles. The third kappa shape index (κ3) is 3.05. The molecule has 0 aliphatic heterocycles. The number of aliphatic hydroxyl groups excluding tert-OH is 1. The fourth-order valence-corrected chi connectivity index (χ4v) is 1.81. The van der Waals surface area contributed by atoms with Crippen LogP contribution in [0, 0.1) is 11.3 Å². The van der Waals surface area contributed by atoms with Crippen LogP contribution >= 0.6 is 11.6 Å². The molecule has 0 fully saturated rings. The largest absolute Gasteiger partial charge is 0.493 e. The van der Waals surface area contributed by atoms with Gasteiger partial charge in [0, 0.05) is 5.56 Å². The minimum atomic E-state index is -0.857. The molecule has 0 radical (unpaired) electrons. The van der Waals surface area contributed by atoms with Crippen molar-refractivity contribution >= 4 is 11.6 Å². The summed E-state index contributed by atoms with van der Waals surface area (Å²) in [5.74, 6) is 0.828. The summed E-state index contributed by atoms with van der Waals surface area (Å²) < 4.78 is 15.4. The highest BCUT2D eigenvalue weighted by Crippen LogP contribution is 2.40. The van der Waals surface area contributed by atoms with Crippen molar-refractivity contribution in [2.45, 2.75) is 6.10 Å². The predicted molar refractivity (Wildman–Crippen MR) is 65.9 cm³/mol. The number of hydrogen-bond donors (Lipinski definition) is 1. The van der Waals surface area contributed by atoms with E-state index in [1.54, 1.807) is 12.1 Å². The quantitative estimate of drug-likeness (QED) is 0.856. The van der Waals surface area contributed by atoms with Crippen LogP contribution in [0.3, 0.4) is 0 Å². The van der Waals surface area contributed by atoms with E-state index in [0.29, 0.717) is 17.1 Å². The maximum Gasteiger partial charge on any atom is 0.179 e. The Morgan fingerprint density at radius 1 is 1.39 bits per heavy atom. The number of methoxy groups -OCH3 is 2. The van der Waals surface area contributed by atoms with E-state index < -0.39 is 6.10 Å². The summed E-state index contributed by atoms with van der Waals surface area (Å²) in [5.41, 5.74) is 0.477. The number of rotatable bonds is 6. The number of hydrogen-bond acceptors (Lipinski definition) is 5. The maximum atomic E-state index is 9.03. The number of benzene rings is 1. The first kappa shape index (κ1) is 14.6. The molecular weight excluding hydrogens is 258 g/mol. The van der Waals surface area contributed by atoms with E-state index in [-0.39, 0.29) is 18.2 Å². The molecule has 0 saturated carbocycles. The lowest BCUT2D eigenvalue weighted by molar-refractivity contribution is 0.0580. The standard InChI is InChI=1S/C12H14ClNO4/c1-16-9-4-3-8(11(13)12(9)17-2)10(7-14)18-6-5-15/h3-4,10,15H,5-6H2,1-2H3. The number of ether oxygens (including phenoxy) is 3. The monoisotopic (exact) mass is 271 g/mol. The van der Waals surface area contributed by atoms with Gasteiger partial charge < -0.3 is 19.3 Å². The Morgan fingerprint density at radius 2 is 2.11 bits per heavy atom. The molecule has 0 saturated heterocycles. The summed E-state index contributed by atoms with van der Waals surface area (Å²) in [5, 5.41) is 18.0. The van der Waals surface area contributed by atoms with Gasteiger partial charge in [-0.3, -0.25) is 0 Å². The molecule has 0 aromatic heterocycles. The zero-order valence-corrected chi connectivity index (χ0v) is 10.9. The normalized spacial score (nSPS) is 11.7. The second-order valence-corrected chi connectivity index (χ2v) is 3.69. The van der Waals surface area contributed by atoms with E-state index in [2.05, 4.69) is 0 Å². The molecule has 6 heteroatoms. The van der Waals surface area contributed by atoms with Gasteiger partial charge in [0.15, 0.2) is 17.6 Å². The second kappa shape index (κ2) is 7.07. The number of halogens is 1.